The van der Waals surface area contributed by atoms with Crippen molar-refractivity contribution >= 4 is 5.97 Å². The lowest BCUT2D eigenvalue weighted by Gasteiger charge is -2.30. The Morgan fingerprint density at radius 1 is 1.12 bits per heavy atom. The highest BCUT2D eigenvalue weighted by molar-refractivity contribution is 5.70. The van der Waals surface area contributed by atoms with Crippen LogP contribution in [0.1, 0.15) is 56.6 Å². The van der Waals surface area contributed by atoms with Gasteiger partial charge in [-0.3, -0.25) is 9.69 Å². The molecule has 2 N–H and O–H groups in total. The summed E-state index contributed by atoms with van der Waals surface area (Å²) < 4.78 is 0. The van der Waals surface area contributed by atoms with Gasteiger partial charge in [-0.05, 0) is 68.7 Å². The Morgan fingerprint density at radius 2 is 1.80 bits per heavy atom. The molecule has 1 aromatic carbocycles. The highest BCUT2D eigenvalue weighted by Crippen LogP contribution is 2.25. The second-order valence-electron chi connectivity index (χ2n) is 8.05. The molecule has 0 unspecified atom stereocenters. The van der Waals surface area contributed by atoms with Crippen LogP contribution in [-0.2, 0) is 17.9 Å². The van der Waals surface area contributed by atoms with Gasteiger partial charge in [0.1, 0.15) is 0 Å². The van der Waals surface area contributed by atoms with Gasteiger partial charge >= 0.3 is 5.97 Å². The summed E-state index contributed by atoms with van der Waals surface area (Å²) in [7, 11) is 0. The summed E-state index contributed by atoms with van der Waals surface area (Å²) in [6.07, 6.45) is 6.20. The fraction of sp³-hybridized carbons (Fsp3) is 0.667. The molecular weight excluding hydrogens is 312 g/mol. The van der Waals surface area contributed by atoms with Crippen LogP contribution in [0.25, 0.3) is 0 Å². The Hall–Kier alpha value is -1.39. The van der Waals surface area contributed by atoms with Crippen LogP contribution < -0.4 is 5.32 Å². The highest BCUT2D eigenvalue weighted by atomic mass is 16.4. The summed E-state index contributed by atoms with van der Waals surface area (Å²) in [4.78, 5) is 13.6. The minimum atomic E-state index is -0.627. The van der Waals surface area contributed by atoms with E-state index in [9.17, 15) is 4.79 Å². The number of hydrogen-bond donors (Lipinski definition) is 2. The maximum Gasteiger partial charge on any atom is 0.306 e. The van der Waals surface area contributed by atoms with E-state index in [-0.39, 0.29) is 5.92 Å². The number of likely N-dealkylation sites (tertiary alicyclic amines) is 1. The van der Waals surface area contributed by atoms with E-state index in [4.69, 9.17) is 5.11 Å². The number of benzene rings is 1. The predicted molar refractivity (Wildman–Crippen MR) is 100 cm³/mol. The maximum absolute atomic E-state index is 11.0. The fourth-order valence-corrected chi connectivity index (χ4v) is 4.12. The van der Waals surface area contributed by atoms with E-state index in [1.54, 1.807) is 0 Å². The van der Waals surface area contributed by atoms with Crippen LogP contribution in [0.4, 0.5) is 0 Å². The quantitative estimate of drug-likeness (QED) is 0.827. The van der Waals surface area contributed by atoms with Gasteiger partial charge in [-0.1, -0.05) is 31.2 Å². The first kappa shape index (κ1) is 18.4. The minimum absolute atomic E-state index is 0.131. The molecule has 1 heterocycles. The first-order valence-corrected chi connectivity index (χ1v) is 9.86. The molecule has 1 aromatic rings. The normalized spacial score (nSPS) is 25.8. The summed E-state index contributed by atoms with van der Waals surface area (Å²) in [5.74, 6) is 0.120. The Labute approximate surface area is 151 Å². The molecule has 1 aliphatic heterocycles. The molecule has 0 atom stereocenters. The van der Waals surface area contributed by atoms with Crippen molar-refractivity contribution in [2.45, 2.75) is 64.6 Å². The van der Waals surface area contributed by atoms with E-state index in [1.807, 2.05) is 0 Å². The van der Waals surface area contributed by atoms with Crippen molar-refractivity contribution in [2.24, 2.45) is 11.8 Å². The molecule has 2 aliphatic rings. The number of aliphatic carboxylic acids is 1. The van der Waals surface area contributed by atoms with Crippen molar-refractivity contribution in [3.8, 4) is 0 Å². The second kappa shape index (κ2) is 8.81. The number of hydrogen-bond acceptors (Lipinski definition) is 3. The average molecular weight is 344 g/mol. The fourth-order valence-electron chi connectivity index (χ4n) is 4.12. The number of piperidine rings is 1. The lowest BCUT2D eigenvalue weighted by Crippen LogP contribution is -2.34. The summed E-state index contributed by atoms with van der Waals surface area (Å²) >= 11 is 0. The zero-order chi connectivity index (χ0) is 17.6. The summed E-state index contributed by atoms with van der Waals surface area (Å²) in [5.41, 5.74) is 2.74. The van der Waals surface area contributed by atoms with Crippen molar-refractivity contribution < 1.29 is 9.90 Å². The van der Waals surface area contributed by atoms with Gasteiger partial charge in [0.2, 0.25) is 0 Å². The molecule has 4 heteroatoms. The summed E-state index contributed by atoms with van der Waals surface area (Å²) in [5, 5.41) is 12.7. The largest absolute Gasteiger partial charge is 0.481 e. The molecule has 0 bridgehead atoms. The molecule has 3 rings (SSSR count). The number of nitrogens with one attached hydrogen (secondary N) is 1. The van der Waals surface area contributed by atoms with E-state index >= 15 is 0 Å². The second-order valence-corrected chi connectivity index (χ2v) is 8.05. The van der Waals surface area contributed by atoms with Crippen molar-refractivity contribution in [1.29, 1.82) is 0 Å². The van der Waals surface area contributed by atoms with Crippen LogP contribution in [-0.4, -0.2) is 35.1 Å². The lowest BCUT2D eigenvalue weighted by atomic mass is 9.86. The standard InChI is InChI=1S/C21H32N2O2/c1-16-9-11-23(12-10-16)15-18-4-2-3-17(13-18)14-22-20-7-5-19(6-8-20)21(24)25/h2-4,13,16,19-20,22H,5-12,14-15H2,1H3,(H,24,25). The van der Waals surface area contributed by atoms with Crippen molar-refractivity contribution in [2.75, 3.05) is 13.1 Å². The highest BCUT2D eigenvalue weighted by Gasteiger charge is 2.25. The molecule has 0 aromatic heterocycles. The predicted octanol–water partition coefficient (Wildman–Crippen LogP) is 3.65. The molecule has 0 amide bonds. The number of carboxylic acids is 1. The number of carbonyl (C=O) groups is 1. The molecule has 0 spiro atoms. The monoisotopic (exact) mass is 344 g/mol. The molecule has 1 aliphatic carbocycles. The van der Waals surface area contributed by atoms with Crippen LogP contribution in [0.5, 0.6) is 0 Å². The third kappa shape index (κ3) is 5.55. The number of nitrogens with zero attached hydrogens (tertiary/aromatic N) is 1. The van der Waals surface area contributed by atoms with Gasteiger partial charge in [0.15, 0.2) is 0 Å². The molecular formula is C21H32N2O2. The van der Waals surface area contributed by atoms with Crippen LogP contribution in [0.2, 0.25) is 0 Å². The van der Waals surface area contributed by atoms with Gasteiger partial charge in [0.25, 0.3) is 0 Å². The molecule has 1 saturated carbocycles. The molecule has 1 saturated heterocycles. The Kier molecular flexibility index (Phi) is 6.49. The van der Waals surface area contributed by atoms with Crippen molar-refractivity contribution in [3.63, 3.8) is 0 Å². The molecule has 25 heavy (non-hydrogen) atoms. The first-order chi connectivity index (χ1) is 12.1. The van der Waals surface area contributed by atoms with Crippen LogP contribution >= 0.6 is 0 Å². The molecule has 0 radical (unpaired) electrons. The van der Waals surface area contributed by atoms with E-state index in [0.29, 0.717) is 6.04 Å². The molecule has 2 fully saturated rings. The van der Waals surface area contributed by atoms with E-state index < -0.39 is 5.97 Å². The lowest BCUT2D eigenvalue weighted by molar-refractivity contribution is -0.142. The summed E-state index contributed by atoms with van der Waals surface area (Å²) in [6.45, 7) is 6.73. The average Bonchev–Trinajstić information content (AvgIpc) is 2.63. The van der Waals surface area contributed by atoms with E-state index in [1.165, 1.54) is 37.1 Å². The van der Waals surface area contributed by atoms with E-state index in [0.717, 1.165) is 44.7 Å². The zero-order valence-corrected chi connectivity index (χ0v) is 15.4. The smallest absolute Gasteiger partial charge is 0.306 e. The first-order valence-electron chi connectivity index (χ1n) is 9.86. The Balaban J connectivity index is 1.45. The van der Waals surface area contributed by atoms with Crippen LogP contribution in [0.15, 0.2) is 24.3 Å². The molecule has 138 valence electrons. The van der Waals surface area contributed by atoms with Crippen LogP contribution in [0, 0.1) is 11.8 Å². The van der Waals surface area contributed by atoms with Gasteiger partial charge in [0, 0.05) is 19.1 Å². The third-order valence-electron chi connectivity index (χ3n) is 5.95. The Bertz CT molecular complexity index is 559. The van der Waals surface area contributed by atoms with Gasteiger partial charge in [-0.15, -0.1) is 0 Å². The SMILES string of the molecule is CC1CCN(Cc2cccc(CNC3CCC(C(=O)O)CC3)c2)CC1. The Morgan fingerprint density at radius 3 is 2.48 bits per heavy atom. The molecule has 4 nitrogen and oxygen atoms in total. The van der Waals surface area contributed by atoms with Gasteiger partial charge in [0.05, 0.1) is 5.92 Å². The minimum Gasteiger partial charge on any atom is -0.481 e. The number of rotatable bonds is 6. The zero-order valence-electron chi connectivity index (χ0n) is 15.4. The van der Waals surface area contributed by atoms with Gasteiger partial charge in [-0.2, -0.15) is 0 Å². The topological polar surface area (TPSA) is 52.6 Å². The third-order valence-corrected chi connectivity index (χ3v) is 5.95. The van der Waals surface area contributed by atoms with E-state index in [2.05, 4.69) is 41.4 Å². The van der Waals surface area contributed by atoms with Gasteiger partial charge < -0.3 is 10.4 Å². The van der Waals surface area contributed by atoms with Crippen LogP contribution in [0.3, 0.4) is 0 Å². The van der Waals surface area contributed by atoms with Crippen molar-refractivity contribution in [3.05, 3.63) is 35.4 Å². The van der Waals surface area contributed by atoms with Crippen molar-refractivity contribution in [1.82, 2.24) is 10.2 Å². The number of carboxylic acid groups (broad SMARTS) is 1. The summed E-state index contributed by atoms with van der Waals surface area (Å²) in [6, 6.07) is 9.38. The maximum atomic E-state index is 11.0. The van der Waals surface area contributed by atoms with Gasteiger partial charge in [-0.25, -0.2) is 0 Å².